The van der Waals surface area contributed by atoms with Gasteiger partial charge >= 0.3 is 0 Å². The van der Waals surface area contributed by atoms with Crippen molar-refractivity contribution in [3.05, 3.63) is 95.3 Å². The molecule has 1 aromatic heterocycles. The molecule has 5 heteroatoms. The number of hydrogen-bond donors (Lipinski definition) is 4. The van der Waals surface area contributed by atoms with Gasteiger partial charge in [0.2, 0.25) is 0 Å². The summed E-state index contributed by atoms with van der Waals surface area (Å²) in [7, 11) is 0. The average molecular weight is 381 g/mol. The molecule has 0 fully saturated rings. The Bertz CT molecular complexity index is 877. The third-order valence-electron chi connectivity index (χ3n) is 4.85. The Morgan fingerprint density at radius 1 is 0.889 bits per heavy atom. The number of aromatic nitrogens is 1. The highest BCUT2D eigenvalue weighted by Crippen LogP contribution is 2.40. The topological polar surface area (TPSA) is 73.3 Å². The van der Waals surface area contributed by atoms with Gasteiger partial charge < -0.3 is 15.2 Å². The largest absolute Gasteiger partial charge is 0.363 e. The summed E-state index contributed by atoms with van der Waals surface area (Å²) in [5.74, 6) is -0.463. The normalized spacial score (nSPS) is 14.7. The molecule has 2 aromatic carbocycles. The first kappa shape index (κ1) is 19.4. The van der Waals surface area contributed by atoms with Gasteiger partial charge in [-0.05, 0) is 23.6 Å². The molecule has 0 saturated carbocycles. The van der Waals surface area contributed by atoms with Crippen molar-refractivity contribution >= 4 is 18.4 Å². The molecule has 0 saturated heterocycles. The second-order valence-corrected chi connectivity index (χ2v) is 7.22. The van der Waals surface area contributed by atoms with Crippen LogP contribution in [0.1, 0.15) is 51.7 Å². The summed E-state index contributed by atoms with van der Waals surface area (Å²) >= 11 is 4.75. The molecule has 3 N–H and O–H groups in total. The first-order chi connectivity index (χ1) is 13.0. The van der Waals surface area contributed by atoms with Crippen molar-refractivity contribution in [2.45, 2.75) is 24.4 Å². The number of H-pyrrole nitrogens is 1. The molecule has 140 valence electrons. The lowest BCUT2D eigenvalue weighted by Gasteiger charge is -2.27. The number of Topliss-reactive ketones (excluding diaryl/α,β-unsaturated/α-hetero) is 1. The molecule has 3 atom stereocenters. The molecule has 3 unspecified atom stereocenters. The van der Waals surface area contributed by atoms with Crippen LogP contribution in [0.4, 0.5) is 0 Å². The Morgan fingerprint density at radius 3 is 2.00 bits per heavy atom. The Morgan fingerprint density at radius 2 is 1.44 bits per heavy atom. The van der Waals surface area contributed by atoms with Crippen molar-refractivity contribution in [3.63, 3.8) is 0 Å². The number of rotatable bonds is 7. The van der Waals surface area contributed by atoms with E-state index in [4.69, 9.17) is 12.6 Å². The minimum atomic E-state index is -1.56. The maximum Gasteiger partial charge on any atom is 0.193 e. The van der Waals surface area contributed by atoms with Crippen LogP contribution in [-0.4, -0.2) is 21.0 Å². The van der Waals surface area contributed by atoms with Crippen LogP contribution in [0.3, 0.4) is 0 Å². The number of benzene rings is 2. The number of thiol groups is 1. The van der Waals surface area contributed by atoms with Gasteiger partial charge in [0.15, 0.2) is 12.1 Å². The van der Waals surface area contributed by atoms with E-state index in [1.807, 2.05) is 67.6 Å². The van der Waals surface area contributed by atoms with E-state index in [2.05, 4.69) is 4.98 Å². The molecular weight excluding hydrogens is 358 g/mol. The molecule has 3 rings (SSSR count). The molecule has 0 aliphatic rings. The van der Waals surface area contributed by atoms with Gasteiger partial charge in [-0.15, -0.1) is 0 Å². The predicted molar refractivity (Wildman–Crippen MR) is 109 cm³/mol. The maximum absolute atomic E-state index is 13.3. The zero-order valence-corrected chi connectivity index (χ0v) is 15.9. The van der Waals surface area contributed by atoms with Crippen molar-refractivity contribution < 1.29 is 15.0 Å². The van der Waals surface area contributed by atoms with Crippen LogP contribution in [0.25, 0.3) is 0 Å². The zero-order valence-electron chi connectivity index (χ0n) is 15.0. The smallest absolute Gasteiger partial charge is 0.193 e. The Balaban J connectivity index is 1.95. The van der Waals surface area contributed by atoms with Crippen LogP contribution < -0.4 is 0 Å². The fraction of sp³-hybridized carbons (Fsp3) is 0.227. The minimum Gasteiger partial charge on any atom is -0.363 e. The molecule has 0 bridgehead atoms. The van der Waals surface area contributed by atoms with Gasteiger partial charge in [0.1, 0.15) is 0 Å². The van der Waals surface area contributed by atoms with Gasteiger partial charge in [-0.2, -0.15) is 12.6 Å². The SMILES string of the molecule is CC(C(S)c1ccc(C(O)O)[nH]1)C(C(=O)c1ccccc1)c1ccccc1. The van der Waals surface area contributed by atoms with Gasteiger partial charge in [-0.25, -0.2) is 0 Å². The van der Waals surface area contributed by atoms with Crippen LogP contribution in [0.2, 0.25) is 0 Å². The highest BCUT2D eigenvalue weighted by atomic mass is 32.1. The lowest BCUT2D eigenvalue weighted by atomic mass is 9.79. The summed E-state index contributed by atoms with van der Waals surface area (Å²) < 4.78 is 0. The maximum atomic E-state index is 13.3. The quantitative estimate of drug-likeness (QED) is 0.280. The summed E-state index contributed by atoms with van der Waals surface area (Å²) in [6.07, 6.45) is -1.56. The second-order valence-electron chi connectivity index (χ2n) is 6.67. The molecular formula is C22H23NO3S. The first-order valence-electron chi connectivity index (χ1n) is 8.86. The number of aromatic amines is 1. The number of carbonyl (C=O) groups excluding carboxylic acids is 1. The molecule has 0 aliphatic carbocycles. The lowest BCUT2D eigenvalue weighted by Crippen LogP contribution is -2.23. The highest BCUT2D eigenvalue weighted by molar-refractivity contribution is 7.80. The van der Waals surface area contributed by atoms with Gasteiger partial charge in [0.05, 0.1) is 11.6 Å². The average Bonchev–Trinajstić information content (AvgIpc) is 3.19. The summed E-state index contributed by atoms with van der Waals surface area (Å²) in [6.45, 7) is 1.99. The molecule has 3 aromatic rings. The number of ketones is 1. The lowest BCUT2D eigenvalue weighted by molar-refractivity contribution is -0.0455. The van der Waals surface area contributed by atoms with Crippen LogP contribution >= 0.6 is 12.6 Å². The number of aliphatic hydroxyl groups is 2. The van der Waals surface area contributed by atoms with Crippen LogP contribution in [0.5, 0.6) is 0 Å². The van der Waals surface area contributed by atoms with Crippen molar-refractivity contribution in [3.8, 4) is 0 Å². The molecule has 27 heavy (non-hydrogen) atoms. The van der Waals surface area contributed by atoms with Gasteiger partial charge in [0.25, 0.3) is 0 Å². The first-order valence-corrected chi connectivity index (χ1v) is 9.38. The molecule has 0 aliphatic heterocycles. The van der Waals surface area contributed by atoms with Crippen LogP contribution in [-0.2, 0) is 0 Å². The third-order valence-corrected chi connectivity index (χ3v) is 5.60. The van der Waals surface area contributed by atoms with E-state index in [1.165, 1.54) is 0 Å². The van der Waals surface area contributed by atoms with Crippen molar-refractivity contribution in [1.29, 1.82) is 0 Å². The fourth-order valence-electron chi connectivity index (χ4n) is 3.35. The summed E-state index contributed by atoms with van der Waals surface area (Å²) in [6, 6.07) is 22.4. The van der Waals surface area contributed by atoms with E-state index < -0.39 is 6.29 Å². The minimum absolute atomic E-state index is 0.0438. The Kier molecular flexibility index (Phi) is 6.16. The van der Waals surface area contributed by atoms with E-state index in [0.29, 0.717) is 11.3 Å². The Labute approximate surface area is 164 Å². The van der Waals surface area contributed by atoms with E-state index >= 15 is 0 Å². The number of aliphatic hydroxyl groups excluding tert-OH is 1. The predicted octanol–water partition coefficient (Wildman–Crippen LogP) is 4.27. The fourth-order valence-corrected chi connectivity index (χ4v) is 3.68. The summed E-state index contributed by atoms with van der Waals surface area (Å²) in [5.41, 5.74) is 2.65. The Hall–Kier alpha value is -2.34. The van der Waals surface area contributed by atoms with Gasteiger partial charge in [-0.3, -0.25) is 4.79 Å². The molecule has 0 radical (unpaired) electrons. The standard InChI is InChI=1S/C22H23NO3S/c1-14(21(27)17-12-13-18(23-17)22(25)26)19(15-8-4-2-5-9-15)20(24)16-10-6-3-7-11-16/h2-14,19,21-23,25-27H,1H3. The summed E-state index contributed by atoms with van der Waals surface area (Å²) in [4.78, 5) is 16.3. The van der Waals surface area contributed by atoms with E-state index in [9.17, 15) is 15.0 Å². The number of hydrogen-bond acceptors (Lipinski definition) is 4. The van der Waals surface area contributed by atoms with Crippen molar-refractivity contribution in [2.75, 3.05) is 0 Å². The van der Waals surface area contributed by atoms with E-state index in [0.717, 1.165) is 11.3 Å². The van der Waals surface area contributed by atoms with E-state index in [-0.39, 0.29) is 22.9 Å². The number of carbonyl (C=O) groups is 1. The van der Waals surface area contributed by atoms with Gasteiger partial charge in [0, 0.05) is 16.5 Å². The molecule has 0 amide bonds. The van der Waals surface area contributed by atoms with Gasteiger partial charge in [-0.1, -0.05) is 67.6 Å². The second kappa shape index (κ2) is 8.57. The number of nitrogens with one attached hydrogen (secondary N) is 1. The van der Waals surface area contributed by atoms with Crippen molar-refractivity contribution in [2.24, 2.45) is 5.92 Å². The van der Waals surface area contributed by atoms with E-state index in [1.54, 1.807) is 12.1 Å². The third kappa shape index (κ3) is 4.33. The molecule has 4 nitrogen and oxygen atoms in total. The zero-order chi connectivity index (χ0) is 19.4. The molecule has 1 heterocycles. The van der Waals surface area contributed by atoms with Crippen LogP contribution in [0, 0.1) is 5.92 Å². The molecule has 0 spiro atoms. The highest BCUT2D eigenvalue weighted by Gasteiger charge is 2.32. The monoisotopic (exact) mass is 381 g/mol. The summed E-state index contributed by atoms with van der Waals surface area (Å²) in [5, 5.41) is 18.4. The van der Waals surface area contributed by atoms with Crippen molar-refractivity contribution in [1.82, 2.24) is 4.98 Å². The van der Waals surface area contributed by atoms with Crippen LogP contribution in [0.15, 0.2) is 72.8 Å².